The van der Waals surface area contributed by atoms with Gasteiger partial charge < -0.3 is 9.63 Å². The highest BCUT2D eigenvalue weighted by Crippen LogP contribution is 2.17. The van der Waals surface area contributed by atoms with Crippen molar-refractivity contribution in [2.24, 2.45) is 0 Å². The molecular formula is C10H10N2O2. The zero-order valence-electron chi connectivity index (χ0n) is 7.55. The summed E-state index contributed by atoms with van der Waals surface area (Å²) in [5, 5.41) is 12.6. The third kappa shape index (κ3) is 1.80. The van der Waals surface area contributed by atoms with Gasteiger partial charge in [0.05, 0.1) is 6.61 Å². The first-order chi connectivity index (χ1) is 6.90. The number of aliphatic hydroxyl groups is 1. The molecule has 2 aromatic rings. The highest BCUT2D eigenvalue weighted by Gasteiger charge is 2.04. The second-order valence-corrected chi connectivity index (χ2v) is 2.89. The Morgan fingerprint density at radius 2 is 2.07 bits per heavy atom. The molecule has 0 radical (unpaired) electrons. The van der Waals surface area contributed by atoms with Crippen molar-refractivity contribution in [1.29, 1.82) is 0 Å². The minimum atomic E-state index is 0.0744. The fourth-order valence-corrected chi connectivity index (χ4v) is 1.20. The van der Waals surface area contributed by atoms with E-state index < -0.39 is 0 Å². The second-order valence-electron chi connectivity index (χ2n) is 2.89. The summed E-state index contributed by atoms with van der Waals surface area (Å²) in [5.74, 6) is 0.694. The van der Waals surface area contributed by atoms with Crippen molar-refractivity contribution in [1.82, 2.24) is 10.1 Å². The number of aliphatic hydroxyl groups excluding tert-OH is 1. The summed E-state index contributed by atoms with van der Waals surface area (Å²) < 4.78 is 5.03. The molecule has 0 atom stereocenters. The molecule has 0 aliphatic rings. The van der Waals surface area contributed by atoms with Gasteiger partial charge in [0, 0.05) is 30.4 Å². The maximum atomic E-state index is 8.70. The topological polar surface area (TPSA) is 59.2 Å². The van der Waals surface area contributed by atoms with E-state index in [4.69, 9.17) is 9.63 Å². The molecule has 0 aliphatic heterocycles. The molecule has 4 heteroatoms. The van der Waals surface area contributed by atoms with E-state index in [0.29, 0.717) is 12.2 Å². The summed E-state index contributed by atoms with van der Waals surface area (Å²) in [6.45, 7) is 0.0744. The predicted molar refractivity (Wildman–Crippen MR) is 50.5 cm³/mol. The SMILES string of the molecule is OCCc1cc(-c2ccncc2)no1. The third-order valence-corrected chi connectivity index (χ3v) is 1.89. The molecule has 0 bridgehead atoms. The number of nitrogens with zero attached hydrogens (tertiary/aromatic N) is 2. The average molecular weight is 190 g/mol. The molecule has 0 amide bonds. The van der Waals surface area contributed by atoms with Crippen molar-refractivity contribution in [3.05, 3.63) is 36.4 Å². The quantitative estimate of drug-likeness (QED) is 0.791. The number of hydrogen-bond donors (Lipinski definition) is 1. The van der Waals surface area contributed by atoms with Gasteiger partial charge in [-0.15, -0.1) is 0 Å². The average Bonchev–Trinajstić information content (AvgIpc) is 2.68. The molecule has 0 spiro atoms. The first-order valence-corrected chi connectivity index (χ1v) is 4.37. The van der Waals surface area contributed by atoms with E-state index in [9.17, 15) is 0 Å². The van der Waals surface area contributed by atoms with Crippen molar-refractivity contribution < 1.29 is 9.63 Å². The molecule has 0 unspecified atom stereocenters. The molecule has 2 aromatic heterocycles. The van der Waals surface area contributed by atoms with Gasteiger partial charge in [0.2, 0.25) is 0 Å². The van der Waals surface area contributed by atoms with Gasteiger partial charge in [0.1, 0.15) is 11.5 Å². The Bertz CT molecular complexity index is 398. The minimum Gasteiger partial charge on any atom is -0.396 e. The van der Waals surface area contributed by atoms with Gasteiger partial charge in [-0.3, -0.25) is 4.98 Å². The zero-order chi connectivity index (χ0) is 9.80. The summed E-state index contributed by atoms with van der Waals surface area (Å²) in [6, 6.07) is 5.55. The first kappa shape index (κ1) is 8.90. The Balaban J connectivity index is 2.25. The fourth-order valence-electron chi connectivity index (χ4n) is 1.20. The standard InChI is InChI=1S/C10H10N2O2/c13-6-3-9-7-10(12-14-9)8-1-4-11-5-2-8/h1-2,4-5,7,13H,3,6H2. The number of rotatable bonds is 3. The molecule has 0 aliphatic carbocycles. The van der Waals surface area contributed by atoms with E-state index in [1.807, 2.05) is 18.2 Å². The van der Waals surface area contributed by atoms with Crippen LogP contribution in [0.1, 0.15) is 5.76 Å². The van der Waals surface area contributed by atoms with Crippen molar-refractivity contribution >= 4 is 0 Å². The van der Waals surface area contributed by atoms with Crippen LogP contribution >= 0.6 is 0 Å². The van der Waals surface area contributed by atoms with Crippen molar-refractivity contribution in [2.75, 3.05) is 6.61 Å². The van der Waals surface area contributed by atoms with Gasteiger partial charge in [0.25, 0.3) is 0 Å². The number of aromatic nitrogens is 2. The van der Waals surface area contributed by atoms with Gasteiger partial charge in [-0.2, -0.15) is 0 Å². The third-order valence-electron chi connectivity index (χ3n) is 1.89. The molecule has 14 heavy (non-hydrogen) atoms. The van der Waals surface area contributed by atoms with Gasteiger partial charge >= 0.3 is 0 Å². The summed E-state index contributed by atoms with van der Waals surface area (Å²) in [6.07, 6.45) is 3.91. The highest BCUT2D eigenvalue weighted by atomic mass is 16.5. The first-order valence-electron chi connectivity index (χ1n) is 4.37. The van der Waals surface area contributed by atoms with Crippen LogP contribution in [0.2, 0.25) is 0 Å². The van der Waals surface area contributed by atoms with E-state index in [-0.39, 0.29) is 6.61 Å². The largest absolute Gasteiger partial charge is 0.396 e. The van der Waals surface area contributed by atoms with E-state index in [1.54, 1.807) is 12.4 Å². The predicted octanol–water partition coefficient (Wildman–Crippen LogP) is 1.27. The zero-order valence-corrected chi connectivity index (χ0v) is 7.55. The lowest BCUT2D eigenvalue weighted by atomic mass is 10.2. The van der Waals surface area contributed by atoms with E-state index in [2.05, 4.69) is 10.1 Å². The van der Waals surface area contributed by atoms with Crippen LogP contribution < -0.4 is 0 Å². The summed E-state index contributed by atoms with van der Waals surface area (Å²) in [7, 11) is 0. The lowest BCUT2D eigenvalue weighted by Crippen LogP contribution is -1.86. The molecule has 0 fully saturated rings. The number of hydrogen-bond acceptors (Lipinski definition) is 4. The molecule has 0 saturated carbocycles. The Hall–Kier alpha value is -1.68. The van der Waals surface area contributed by atoms with Gasteiger partial charge in [-0.1, -0.05) is 5.16 Å². The minimum absolute atomic E-state index is 0.0744. The summed E-state index contributed by atoms with van der Waals surface area (Å²) in [4.78, 5) is 3.92. The van der Waals surface area contributed by atoms with Crippen molar-refractivity contribution in [3.63, 3.8) is 0 Å². The monoisotopic (exact) mass is 190 g/mol. The summed E-state index contributed by atoms with van der Waals surface area (Å²) in [5.41, 5.74) is 1.74. The van der Waals surface area contributed by atoms with Gasteiger partial charge in [-0.05, 0) is 12.1 Å². The Kier molecular flexibility index (Phi) is 2.55. The van der Waals surface area contributed by atoms with Crippen LogP contribution in [0.4, 0.5) is 0 Å². The molecule has 2 rings (SSSR count). The molecule has 0 saturated heterocycles. The maximum Gasteiger partial charge on any atom is 0.139 e. The molecule has 72 valence electrons. The van der Waals surface area contributed by atoms with Crippen LogP contribution in [0.3, 0.4) is 0 Å². The van der Waals surface area contributed by atoms with Crippen molar-refractivity contribution in [2.45, 2.75) is 6.42 Å². The normalized spacial score (nSPS) is 10.4. The smallest absolute Gasteiger partial charge is 0.139 e. The molecular weight excluding hydrogens is 180 g/mol. The Morgan fingerprint density at radius 3 is 2.79 bits per heavy atom. The molecule has 2 heterocycles. The Labute approximate surface area is 81.2 Å². The van der Waals surface area contributed by atoms with E-state index in [0.717, 1.165) is 11.3 Å². The van der Waals surface area contributed by atoms with Crippen molar-refractivity contribution in [3.8, 4) is 11.3 Å². The van der Waals surface area contributed by atoms with E-state index >= 15 is 0 Å². The van der Waals surface area contributed by atoms with Crippen LogP contribution in [0.5, 0.6) is 0 Å². The van der Waals surface area contributed by atoms with Crippen LogP contribution in [0.15, 0.2) is 35.1 Å². The molecule has 0 aromatic carbocycles. The van der Waals surface area contributed by atoms with Crippen LogP contribution in [0, 0.1) is 0 Å². The molecule has 4 nitrogen and oxygen atoms in total. The highest BCUT2D eigenvalue weighted by molar-refractivity contribution is 5.57. The van der Waals surface area contributed by atoms with E-state index in [1.165, 1.54) is 0 Å². The van der Waals surface area contributed by atoms with Gasteiger partial charge in [-0.25, -0.2) is 0 Å². The lowest BCUT2D eigenvalue weighted by molar-refractivity contribution is 0.277. The fraction of sp³-hybridized carbons (Fsp3) is 0.200. The maximum absolute atomic E-state index is 8.70. The van der Waals surface area contributed by atoms with Crippen LogP contribution in [0.25, 0.3) is 11.3 Å². The second kappa shape index (κ2) is 4.02. The molecule has 1 N–H and O–H groups in total. The lowest BCUT2D eigenvalue weighted by Gasteiger charge is -1.90. The van der Waals surface area contributed by atoms with Crippen LogP contribution in [-0.2, 0) is 6.42 Å². The Morgan fingerprint density at radius 1 is 1.29 bits per heavy atom. The number of pyridine rings is 1. The van der Waals surface area contributed by atoms with Gasteiger partial charge in [0.15, 0.2) is 0 Å². The summed E-state index contributed by atoms with van der Waals surface area (Å²) >= 11 is 0. The van der Waals surface area contributed by atoms with Crippen LogP contribution in [-0.4, -0.2) is 21.9 Å².